The summed E-state index contributed by atoms with van der Waals surface area (Å²) in [7, 11) is 0. The fraction of sp³-hybridized carbons (Fsp3) is 0.800. The molecule has 4 N–H and O–H groups in total. The molecule has 16 heavy (non-hydrogen) atoms. The minimum Gasteiger partial charge on any atom is -0.480 e. The van der Waals surface area contributed by atoms with E-state index in [1.807, 2.05) is 4.90 Å². The molecule has 1 heterocycles. The zero-order chi connectivity index (χ0) is 12.1. The Morgan fingerprint density at radius 2 is 1.69 bits per heavy atom. The average molecular weight is 230 g/mol. The number of hydrogen-bond acceptors (Lipinski definition) is 4. The summed E-state index contributed by atoms with van der Waals surface area (Å²) < 4.78 is 0. The molecular formula is C10H18N2O4. The zero-order valence-corrected chi connectivity index (χ0v) is 9.13. The quantitative estimate of drug-likeness (QED) is 0.600. The minimum absolute atomic E-state index is 0.0370. The van der Waals surface area contributed by atoms with Crippen LogP contribution in [0.15, 0.2) is 0 Å². The monoisotopic (exact) mass is 230 g/mol. The highest BCUT2D eigenvalue weighted by atomic mass is 16.4. The number of nitrogens with two attached hydrogens (primary N) is 1. The van der Waals surface area contributed by atoms with E-state index in [0.717, 1.165) is 19.3 Å². The van der Waals surface area contributed by atoms with Gasteiger partial charge in [-0.15, -0.1) is 0 Å². The van der Waals surface area contributed by atoms with Gasteiger partial charge >= 0.3 is 11.9 Å². The number of carbonyl (C=O) groups is 2. The Morgan fingerprint density at radius 1 is 1.12 bits per heavy atom. The van der Waals surface area contributed by atoms with Crippen molar-refractivity contribution >= 4 is 11.9 Å². The van der Waals surface area contributed by atoms with E-state index >= 15 is 0 Å². The lowest BCUT2D eigenvalue weighted by Crippen LogP contribution is -2.48. The van der Waals surface area contributed by atoms with Crippen LogP contribution in [-0.4, -0.2) is 52.2 Å². The standard InChI is InChI=1S/C10H18N2O4/c11-7(9(13)14)6-8(10(15)16)12-4-2-1-3-5-12/h7-8H,1-6,11H2,(H,13,14)(H,15,16). The summed E-state index contributed by atoms with van der Waals surface area (Å²) in [4.78, 5) is 23.5. The minimum atomic E-state index is -1.15. The third-order valence-corrected chi connectivity index (χ3v) is 2.91. The Labute approximate surface area is 94.0 Å². The summed E-state index contributed by atoms with van der Waals surface area (Å²) >= 11 is 0. The van der Waals surface area contributed by atoms with Gasteiger partial charge in [-0.2, -0.15) is 0 Å². The van der Waals surface area contributed by atoms with E-state index < -0.39 is 24.0 Å². The number of likely N-dealkylation sites (tertiary alicyclic amines) is 1. The molecule has 0 spiro atoms. The average Bonchev–Trinajstić information content (AvgIpc) is 2.26. The molecule has 2 unspecified atom stereocenters. The molecular weight excluding hydrogens is 212 g/mol. The van der Waals surface area contributed by atoms with E-state index in [-0.39, 0.29) is 6.42 Å². The molecule has 0 bridgehead atoms. The second-order valence-corrected chi connectivity index (χ2v) is 4.13. The molecule has 6 nitrogen and oxygen atoms in total. The molecule has 0 aromatic carbocycles. The van der Waals surface area contributed by atoms with Gasteiger partial charge in [-0.1, -0.05) is 6.42 Å². The number of hydrogen-bond donors (Lipinski definition) is 3. The van der Waals surface area contributed by atoms with Crippen molar-refractivity contribution in [3.05, 3.63) is 0 Å². The highest BCUT2D eigenvalue weighted by Gasteiger charge is 2.30. The lowest BCUT2D eigenvalue weighted by molar-refractivity contribution is -0.145. The molecule has 0 amide bonds. The van der Waals surface area contributed by atoms with Crippen molar-refractivity contribution in [2.45, 2.75) is 37.8 Å². The van der Waals surface area contributed by atoms with Gasteiger partial charge in [-0.3, -0.25) is 14.5 Å². The van der Waals surface area contributed by atoms with E-state index in [2.05, 4.69) is 0 Å². The van der Waals surface area contributed by atoms with Gasteiger partial charge in [-0.25, -0.2) is 0 Å². The Bertz CT molecular complexity index is 264. The molecule has 2 atom stereocenters. The maximum atomic E-state index is 11.1. The van der Waals surface area contributed by atoms with Crippen molar-refractivity contribution in [2.75, 3.05) is 13.1 Å². The normalized spacial score (nSPS) is 21.3. The zero-order valence-electron chi connectivity index (χ0n) is 9.13. The van der Waals surface area contributed by atoms with E-state index in [1.165, 1.54) is 0 Å². The molecule has 6 heteroatoms. The van der Waals surface area contributed by atoms with Crippen LogP contribution in [0.25, 0.3) is 0 Å². The fourth-order valence-electron chi connectivity index (χ4n) is 1.98. The first-order chi connectivity index (χ1) is 7.52. The summed E-state index contributed by atoms with van der Waals surface area (Å²) in [5.74, 6) is -2.14. The Hall–Kier alpha value is -1.14. The number of rotatable bonds is 5. The first kappa shape index (κ1) is 12.9. The molecule has 1 aliphatic heterocycles. The SMILES string of the molecule is NC(CC(C(=O)O)N1CCCCC1)C(=O)O. The summed E-state index contributed by atoms with van der Waals surface area (Å²) in [6.45, 7) is 1.42. The molecule has 1 fully saturated rings. The van der Waals surface area contributed by atoms with Crippen molar-refractivity contribution in [1.82, 2.24) is 4.90 Å². The van der Waals surface area contributed by atoms with E-state index in [1.54, 1.807) is 0 Å². The van der Waals surface area contributed by atoms with E-state index in [4.69, 9.17) is 15.9 Å². The lowest BCUT2D eigenvalue weighted by atomic mass is 10.0. The van der Waals surface area contributed by atoms with Gasteiger partial charge in [0.1, 0.15) is 12.1 Å². The van der Waals surface area contributed by atoms with Gasteiger partial charge in [0.25, 0.3) is 0 Å². The highest BCUT2D eigenvalue weighted by Crippen LogP contribution is 2.15. The maximum absolute atomic E-state index is 11.1. The number of carboxylic acids is 2. The Morgan fingerprint density at radius 3 is 2.12 bits per heavy atom. The van der Waals surface area contributed by atoms with Crippen LogP contribution in [0.2, 0.25) is 0 Å². The van der Waals surface area contributed by atoms with E-state index in [9.17, 15) is 9.59 Å². The highest BCUT2D eigenvalue weighted by molar-refractivity contribution is 5.77. The molecule has 0 aromatic rings. The second-order valence-electron chi connectivity index (χ2n) is 4.13. The van der Waals surface area contributed by atoms with Crippen LogP contribution in [0, 0.1) is 0 Å². The Balaban J connectivity index is 2.59. The van der Waals surface area contributed by atoms with Crippen molar-refractivity contribution in [2.24, 2.45) is 5.73 Å². The van der Waals surface area contributed by atoms with Crippen LogP contribution in [0.1, 0.15) is 25.7 Å². The van der Waals surface area contributed by atoms with Crippen LogP contribution >= 0.6 is 0 Å². The van der Waals surface area contributed by atoms with Crippen LogP contribution in [0.4, 0.5) is 0 Å². The summed E-state index contributed by atoms with van der Waals surface area (Å²) in [6.07, 6.45) is 3.00. The van der Waals surface area contributed by atoms with Crippen molar-refractivity contribution < 1.29 is 19.8 Å². The first-order valence-corrected chi connectivity index (χ1v) is 5.47. The number of aliphatic carboxylic acids is 2. The van der Waals surface area contributed by atoms with Gasteiger partial charge in [0.15, 0.2) is 0 Å². The maximum Gasteiger partial charge on any atom is 0.320 e. The molecule has 0 aliphatic carbocycles. The van der Waals surface area contributed by atoms with Crippen molar-refractivity contribution in [3.63, 3.8) is 0 Å². The molecule has 0 aromatic heterocycles. The van der Waals surface area contributed by atoms with Crippen molar-refractivity contribution in [1.29, 1.82) is 0 Å². The molecule has 92 valence electrons. The van der Waals surface area contributed by atoms with Crippen LogP contribution in [0.5, 0.6) is 0 Å². The topological polar surface area (TPSA) is 104 Å². The summed E-state index contributed by atoms with van der Waals surface area (Å²) in [6, 6.07) is -1.88. The van der Waals surface area contributed by atoms with Crippen LogP contribution in [-0.2, 0) is 9.59 Å². The molecule has 1 saturated heterocycles. The molecule has 1 aliphatic rings. The van der Waals surface area contributed by atoms with Gasteiger partial charge < -0.3 is 15.9 Å². The third-order valence-electron chi connectivity index (χ3n) is 2.91. The number of carboxylic acid groups (broad SMARTS) is 2. The fourth-order valence-corrected chi connectivity index (χ4v) is 1.98. The number of piperidine rings is 1. The van der Waals surface area contributed by atoms with Crippen LogP contribution < -0.4 is 5.73 Å². The predicted molar refractivity (Wildman–Crippen MR) is 57.1 cm³/mol. The van der Waals surface area contributed by atoms with Crippen molar-refractivity contribution in [3.8, 4) is 0 Å². The van der Waals surface area contributed by atoms with E-state index in [0.29, 0.717) is 13.1 Å². The number of nitrogens with zero attached hydrogens (tertiary/aromatic N) is 1. The molecule has 0 saturated carbocycles. The molecule has 1 rings (SSSR count). The van der Waals surface area contributed by atoms with Gasteiger partial charge in [-0.05, 0) is 32.4 Å². The Kier molecular flexibility index (Phi) is 4.70. The smallest absolute Gasteiger partial charge is 0.320 e. The largest absolute Gasteiger partial charge is 0.480 e. The summed E-state index contributed by atoms with van der Waals surface area (Å²) in [5.41, 5.74) is 5.37. The molecule has 0 radical (unpaired) electrons. The van der Waals surface area contributed by atoms with Gasteiger partial charge in [0.05, 0.1) is 0 Å². The van der Waals surface area contributed by atoms with Gasteiger partial charge in [0, 0.05) is 0 Å². The predicted octanol–water partition coefficient (Wildman–Crippen LogP) is -0.272. The first-order valence-electron chi connectivity index (χ1n) is 5.47. The summed E-state index contributed by atoms with van der Waals surface area (Å²) in [5, 5.41) is 17.7. The van der Waals surface area contributed by atoms with Crippen LogP contribution in [0.3, 0.4) is 0 Å². The third kappa shape index (κ3) is 3.46. The second kappa shape index (κ2) is 5.81. The lowest BCUT2D eigenvalue weighted by Gasteiger charge is -2.32. The van der Waals surface area contributed by atoms with Gasteiger partial charge in [0.2, 0.25) is 0 Å².